The molecule has 4 N–H and O–H groups in total. The SMILES string of the molecule is CC1CCC(NC(=O)C(=O)NCCN)CC1. The molecule has 0 heterocycles. The molecule has 2 amide bonds. The summed E-state index contributed by atoms with van der Waals surface area (Å²) < 4.78 is 0. The van der Waals surface area contributed by atoms with Crippen molar-refractivity contribution < 1.29 is 9.59 Å². The van der Waals surface area contributed by atoms with Gasteiger partial charge < -0.3 is 16.4 Å². The Morgan fingerprint density at radius 3 is 2.38 bits per heavy atom. The Kier molecular flexibility index (Phi) is 5.25. The summed E-state index contributed by atoms with van der Waals surface area (Å²) in [7, 11) is 0. The van der Waals surface area contributed by atoms with Gasteiger partial charge in [0.25, 0.3) is 0 Å². The minimum atomic E-state index is -0.580. The molecule has 0 aromatic rings. The number of hydrogen-bond acceptors (Lipinski definition) is 3. The molecule has 1 saturated carbocycles. The summed E-state index contributed by atoms with van der Waals surface area (Å²) in [6.45, 7) is 2.90. The molecular formula is C11H21N3O2. The molecule has 92 valence electrons. The van der Waals surface area contributed by atoms with E-state index in [0.717, 1.165) is 31.6 Å². The summed E-state index contributed by atoms with van der Waals surface area (Å²) in [6, 6.07) is 0.160. The van der Waals surface area contributed by atoms with Crippen LogP contribution in [0.25, 0.3) is 0 Å². The lowest BCUT2D eigenvalue weighted by Gasteiger charge is -2.26. The Labute approximate surface area is 96.1 Å². The second-order valence-electron chi connectivity index (χ2n) is 4.47. The second kappa shape index (κ2) is 6.48. The van der Waals surface area contributed by atoms with Gasteiger partial charge >= 0.3 is 11.8 Å². The first-order valence-electron chi connectivity index (χ1n) is 5.92. The molecule has 0 aromatic heterocycles. The number of hydrogen-bond donors (Lipinski definition) is 3. The largest absolute Gasteiger partial charge is 0.347 e. The lowest BCUT2D eigenvalue weighted by atomic mass is 9.87. The van der Waals surface area contributed by atoms with Gasteiger partial charge in [-0.15, -0.1) is 0 Å². The highest BCUT2D eigenvalue weighted by atomic mass is 16.2. The van der Waals surface area contributed by atoms with Crippen LogP contribution in [-0.4, -0.2) is 30.9 Å². The van der Waals surface area contributed by atoms with E-state index in [1.54, 1.807) is 0 Å². The van der Waals surface area contributed by atoms with E-state index in [0.29, 0.717) is 13.1 Å². The highest BCUT2D eigenvalue weighted by molar-refractivity contribution is 6.35. The average molecular weight is 227 g/mol. The second-order valence-corrected chi connectivity index (χ2v) is 4.47. The van der Waals surface area contributed by atoms with E-state index in [1.165, 1.54) is 0 Å². The Bertz CT molecular complexity index is 248. The smallest absolute Gasteiger partial charge is 0.309 e. The van der Waals surface area contributed by atoms with Crippen LogP contribution in [-0.2, 0) is 9.59 Å². The number of carbonyl (C=O) groups is 2. The summed E-state index contributed by atoms with van der Waals surface area (Å²) in [4.78, 5) is 22.7. The van der Waals surface area contributed by atoms with Gasteiger partial charge in [-0.25, -0.2) is 0 Å². The predicted octanol–water partition coefficient (Wildman–Crippen LogP) is -0.244. The molecule has 5 nitrogen and oxygen atoms in total. The summed E-state index contributed by atoms with van der Waals surface area (Å²) >= 11 is 0. The minimum Gasteiger partial charge on any atom is -0.347 e. The summed E-state index contributed by atoms with van der Waals surface area (Å²) in [5.74, 6) is -0.378. The van der Waals surface area contributed by atoms with Crippen LogP contribution in [0.15, 0.2) is 0 Å². The van der Waals surface area contributed by atoms with Crippen molar-refractivity contribution in [1.82, 2.24) is 10.6 Å². The minimum absolute atomic E-state index is 0.160. The van der Waals surface area contributed by atoms with Gasteiger partial charge in [-0.3, -0.25) is 9.59 Å². The molecule has 0 unspecified atom stereocenters. The van der Waals surface area contributed by atoms with Crippen LogP contribution in [0.3, 0.4) is 0 Å². The molecule has 1 rings (SSSR count). The Hall–Kier alpha value is -1.10. The van der Waals surface area contributed by atoms with Gasteiger partial charge in [-0.05, 0) is 31.6 Å². The molecule has 0 atom stereocenters. The van der Waals surface area contributed by atoms with E-state index in [1.807, 2.05) is 0 Å². The first kappa shape index (κ1) is 13.0. The fourth-order valence-electron chi connectivity index (χ4n) is 1.92. The summed E-state index contributed by atoms with van der Waals surface area (Å²) in [5, 5.41) is 5.21. The maximum absolute atomic E-state index is 11.4. The van der Waals surface area contributed by atoms with E-state index in [9.17, 15) is 9.59 Å². The molecule has 0 aliphatic heterocycles. The number of amides is 2. The topological polar surface area (TPSA) is 84.2 Å². The van der Waals surface area contributed by atoms with Crippen LogP contribution in [0, 0.1) is 5.92 Å². The van der Waals surface area contributed by atoms with Gasteiger partial charge in [0.05, 0.1) is 0 Å². The maximum Gasteiger partial charge on any atom is 0.309 e. The molecule has 5 heteroatoms. The van der Waals surface area contributed by atoms with Crippen LogP contribution in [0.2, 0.25) is 0 Å². The molecule has 0 radical (unpaired) electrons. The quantitative estimate of drug-likeness (QED) is 0.582. The Balaban J connectivity index is 2.25. The maximum atomic E-state index is 11.4. The van der Waals surface area contributed by atoms with Crippen molar-refractivity contribution in [3.05, 3.63) is 0 Å². The van der Waals surface area contributed by atoms with Gasteiger partial charge in [-0.1, -0.05) is 6.92 Å². The molecule has 0 bridgehead atoms. The van der Waals surface area contributed by atoms with Crippen LogP contribution in [0.4, 0.5) is 0 Å². The average Bonchev–Trinajstić information content (AvgIpc) is 2.29. The number of rotatable bonds is 3. The van der Waals surface area contributed by atoms with Crippen molar-refractivity contribution in [1.29, 1.82) is 0 Å². The predicted molar refractivity (Wildman–Crippen MR) is 61.6 cm³/mol. The van der Waals surface area contributed by atoms with E-state index in [-0.39, 0.29) is 6.04 Å². The summed E-state index contributed by atoms with van der Waals surface area (Å²) in [6.07, 6.45) is 4.18. The van der Waals surface area contributed by atoms with Crippen LogP contribution >= 0.6 is 0 Å². The number of nitrogens with two attached hydrogens (primary N) is 1. The normalized spacial score (nSPS) is 24.9. The fourth-order valence-corrected chi connectivity index (χ4v) is 1.92. The lowest BCUT2D eigenvalue weighted by Crippen LogP contribution is -2.46. The molecule has 1 aliphatic carbocycles. The number of carbonyl (C=O) groups excluding carboxylic acids is 2. The van der Waals surface area contributed by atoms with Crippen LogP contribution in [0.1, 0.15) is 32.6 Å². The highest BCUT2D eigenvalue weighted by Gasteiger charge is 2.22. The summed E-state index contributed by atoms with van der Waals surface area (Å²) in [5.41, 5.74) is 5.23. The molecule has 0 aromatic carbocycles. The first-order valence-corrected chi connectivity index (χ1v) is 5.92. The molecule has 1 fully saturated rings. The van der Waals surface area contributed by atoms with E-state index in [2.05, 4.69) is 17.6 Å². The first-order chi connectivity index (χ1) is 7.63. The third-order valence-electron chi connectivity index (χ3n) is 2.99. The zero-order valence-corrected chi connectivity index (χ0v) is 9.79. The molecular weight excluding hydrogens is 206 g/mol. The third kappa shape index (κ3) is 4.18. The van der Waals surface area contributed by atoms with Crippen LogP contribution in [0.5, 0.6) is 0 Å². The van der Waals surface area contributed by atoms with Crippen molar-refractivity contribution >= 4 is 11.8 Å². The molecule has 1 aliphatic rings. The molecule has 0 saturated heterocycles. The van der Waals surface area contributed by atoms with E-state index >= 15 is 0 Å². The monoisotopic (exact) mass is 227 g/mol. The zero-order chi connectivity index (χ0) is 12.0. The van der Waals surface area contributed by atoms with Crippen molar-refractivity contribution in [3.8, 4) is 0 Å². The Morgan fingerprint density at radius 1 is 1.19 bits per heavy atom. The fraction of sp³-hybridized carbons (Fsp3) is 0.818. The van der Waals surface area contributed by atoms with Crippen molar-refractivity contribution in [2.75, 3.05) is 13.1 Å². The van der Waals surface area contributed by atoms with E-state index < -0.39 is 11.8 Å². The highest BCUT2D eigenvalue weighted by Crippen LogP contribution is 2.23. The third-order valence-corrected chi connectivity index (χ3v) is 2.99. The van der Waals surface area contributed by atoms with Gasteiger partial charge in [0.2, 0.25) is 0 Å². The molecule has 0 spiro atoms. The Morgan fingerprint density at radius 2 is 1.81 bits per heavy atom. The van der Waals surface area contributed by atoms with Gasteiger partial charge in [-0.2, -0.15) is 0 Å². The van der Waals surface area contributed by atoms with E-state index in [4.69, 9.17) is 5.73 Å². The van der Waals surface area contributed by atoms with Gasteiger partial charge in [0.1, 0.15) is 0 Å². The van der Waals surface area contributed by atoms with Crippen molar-refractivity contribution in [2.45, 2.75) is 38.6 Å². The van der Waals surface area contributed by atoms with Crippen molar-refractivity contribution in [2.24, 2.45) is 11.7 Å². The lowest BCUT2D eigenvalue weighted by molar-refractivity contribution is -0.139. The van der Waals surface area contributed by atoms with Crippen molar-refractivity contribution in [3.63, 3.8) is 0 Å². The van der Waals surface area contributed by atoms with Gasteiger partial charge in [0.15, 0.2) is 0 Å². The standard InChI is InChI=1S/C11H21N3O2/c1-8-2-4-9(5-3-8)14-11(16)10(15)13-7-6-12/h8-9H,2-7,12H2,1H3,(H,13,15)(H,14,16). The van der Waals surface area contributed by atoms with Crippen LogP contribution < -0.4 is 16.4 Å². The zero-order valence-electron chi connectivity index (χ0n) is 9.79. The molecule has 16 heavy (non-hydrogen) atoms. The van der Waals surface area contributed by atoms with Gasteiger partial charge in [0, 0.05) is 19.1 Å². The number of nitrogens with one attached hydrogen (secondary N) is 2.